The molecule has 7 nitrogen and oxygen atoms in total. The topological polar surface area (TPSA) is 95.6 Å². The number of amides is 2. The first-order valence-electron chi connectivity index (χ1n) is 11.2. The van der Waals surface area contributed by atoms with E-state index >= 15 is 0 Å². The van der Waals surface area contributed by atoms with Gasteiger partial charge in [-0.25, -0.2) is 4.21 Å². The van der Waals surface area contributed by atoms with Gasteiger partial charge >= 0.3 is 0 Å². The number of carbonyl (C=O) groups excluding carboxylic acids is 3. The largest absolute Gasteiger partial charge is 0.343 e. The lowest BCUT2D eigenvalue weighted by atomic mass is 10.1. The Labute approximate surface area is 220 Å². The van der Waals surface area contributed by atoms with Crippen molar-refractivity contribution in [3.63, 3.8) is 0 Å². The average Bonchev–Trinajstić information content (AvgIpc) is 2.89. The van der Waals surface area contributed by atoms with Crippen molar-refractivity contribution in [1.82, 2.24) is 10.6 Å². The SMILES string of the molecule is C[C@@H](C=O)NC(=O)c1cc(C(=O)N[C@H](S)c2ccccc2)cc(N(C)S(C)=O)c1.Cc1ccccc1. The van der Waals surface area contributed by atoms with Gasteiger partial charge in [-0.3, -0.25) is 13.9 Å². The molecule has 0 fully saturated rings. The Kier molecular flexibility index (Phi) is 11.4. The first kappa shape index (κ1) is 28.8. The maximum absolute atomic E-state index is 12.8. The molecule has 0 aliphatic heterocycles. The molecule has 0 saturated heterocycles. The minimum atomic E-state index is -1.36. The van der Waals surface area contributed by atoms with Gasteiger partial charge in [0.25, 0.3) is 11.8 Å². The molecule has 0 bridgehead atoms. The van der Waals surface area contributed by atoms with Crippen LogP contribution in [0.15, 0.2) is 78.9 Å². The molecule has 0 radical (unpaired) electrons. The van der Waals surface area contributed by atoms with Crippen molar-refractivity contribution in [2.45, 2.75) is 25.3 Å². The normalized spacial score (nSPS) is 12.7. The summed E-state index contributed by atoms with van der Waals surface area (Å²) >= 11 is 4.42. The summed E-state index contributed by atoms with van der Waals surface area (Å²) in [6.45, 7) is 3.63. The Bertz CT molecular complexity index is 1190. The fourth-order valence-electron chi connectivity index (χ4n) is 2.99. The number of carbonyl (C=O) groups is 3. The van der Waals surface area contributed by atoms with Crippen LogP contribution < -0.4 is 14.9 Å². The highest BCUT2D eigenvalue weighted by Crippen LogP contribution is 2.22. The van der Waals surface area contributed by atoms with Crippen LogP contribution in [0.3, 0.4) is 0 Å². The van der Waals surface area contributed by atoms with E-state index in [1.807, 2.05) is 48.5 Å². The molecule has 0 aliphatic rings. The van der Waals surface area contributed by atoms with Crippen LogP contribution in [0.1, 0.15) is 44.1 Å². The van der Waals surface area contributed by atoms with Crippen molar-refractivity contribution < 1.29 is 18.6 Å². The van der Waals surface area contributed by atoms with E-state index in [4.69, 9.17) is 0 Å². The van der Waals surface area contributed by atoms with Crippen molar-refractivity contribution in [3.05, 3.63) is 101 Å². The van der Waals surface area contributed by atoms with Crippen LogP contribution >= 0.6 is 12.6 Å². The van der Waals surface area contributed by atoms with Crippen LogP contribution in [-0.2, 0) is 15.8 Å². The molecule has 190 valence electrons. The zero-order valence-corrected chi connectivity index (χ0v) is 22.4. The lowest BCUT2D eigenvalue weighted by Crippen LogP contribution is -2.34. The Balaban J connectivity index is 0.000000558. The van der Waals surface area contributed by atoms with Gasteiger partial charge < -0.3 is 15.4 Å². The van der Waals surface area contributed by atoms with Crippen LogP contribution in [0.2, 0.25) is 0 Å². The van der Waals surface area contributed by atoms with E-state index in [0.29, 0.717) is 12.0 Å². The number of aldehydes is 1. The molecule has 0 saturated carbocycles. The number of hydrogen-bond acceptors (Lipinski definition) is 5. The fourth-order valence-corrected chi connectivity index (χ4v) is 3.68. The van der Waals surface area contributed by atoms with Gasteiger partial charge in [0.1, 0.15) is 17.3 Å². The molecule has 2 amide bonds. The standard InChI is InChI=1S/C20H23N3O4S2.C7H8/c1-13(12-24)21-18(25)15-9-16(11-17(10-15)23(2)29(3)27)19(26)22-20(28)14-7-5-4-6-8-14;1-7-5-3-2-4-6-7/h4-13,20,28H,1-3H3,(H,21,25)(H,22,26);2-6H,1H3/t13-,20+,29?;/m0./s1. The van der Waals surface area contributed by atoms with E-state index in [1.54, 1.807) is 20.0 Å². The van der Waals surface area contributed by atoms with E-state index in [9.17, 15) is 18.6 Å². The second-order valence-electron chi connectivity index (χ2n) is 8.03. The summed E-state index contributed by atoms with van der Waals surface area (Å²) in [5.41, 5.74) is 2.94. The molecular weight excluding hydrogens is 494 g/mol. The third-order valence-corrected chi connectivity index (χ3v) is 6.49. The number of anilines is 1. The number of benzene rings is 3. The summed E-state index contributed by atoms with van der Waals surface area (Å²) in [5, 5.41) is 4.75. The van der Waals surface area contributed by atoms with E-state index in [0.717, 1.165) is 5.56 Å². The summed E-state index contributed by atoms with van der Waals surface area (Å²) in [6, 6.07) is 23.3. The molecule has 36 heavy (non-hydrogen) atoms. The van der Waals surface area contributed by atoms with Gasteiger partial charge in [0.2, 0.25) is 0 Å². The number of hydrogen-bond donors (Lipinski definition) is 3. The summed E-state index contributed by atoms with van der Waals surface area (Å²) in [5.74, 6) is -0.954. The lowest BCUT2D eigenvalue weighted by molar-refractivity contribution is -0.109. The molecule has 3 aromatic rings. The minimum absolute atomic E-state index is 0.175. The van der Waals surface area contributed by atoms with Crippen LogP contribution in [0.25, 0.3) is 0 Å². The molecular formula is C27H31N3O4S2. The summed E-state index contributed by atoms with van der Waals surface area (Å²) in [6.07, 6.45) is 2.09. The molecule has 2 N–H and O–H groups in total. The zero-order chi connectivity index (χ0) is 26.7. The van der Waals surface area contributed by atoms with Crippen LogP contribution in [0, 0.1) is 6.92 Å². The summed E-state index contributed by atoms with van der Waals surface area (Å²) in [7, 11) is 0.233. The Morgan fingerprint density at radius 2 is 1.42 bits per heavy atom. The third-order valence-electron chi connectivity index (χ3n) is 5.08. The second kappa shape index (κ2) is 14.2. The summed E-state index contributed by atoms with van der Waals surface area (Å²) < 4.78 is 13.3. The first-order chi connectivity index (χ1) is 17.1. The number of thiol groups is 1. The highest BCUT2D eigenvalue weighted by Gasteiger charge is 2.18. The molecule has 3 aromatic carbocycles. The zero-order valence-electron chi connectivity index (χ0n) is 20.7. The second-order valence-corrected chi connectivity index (χ2v) is 9.94. The van der Waals surface area contributed by atoms with Crippen molar-refractivity contribution in [3.8, 4) is 0 Å². The number of aryl methyl sites for hydroxylation is 1. The molecule has 1 unspecified atom stereocenters. The number of nitrogens with zero attached hydrogens (tertiary/aromatic N) is 1. The lowest BCUT2D eigenvalue weighted by Gasteiger charge is -2.19. The first-order valence-corrected chi connectivity index (χ1v) is 13.2. The van der Waals surface area contributed by atoms with Crippen LogP contribution in [0.4, 0.5) is 5.69 Å². The van der Waals surface area contributed by atoms with Crippen molar-refractivity contribution >= 4 is 47.4 Å². The van der Waals surface area contributed by atoms with Gasteiger partial charge in [-0.15, -0.1) is 12.6 Å². The average molecular weight is 526 g/mol. The minimum Gasteiger partial charge on any atom is -0.343 e. The number of nitrogens with one attached hydrogen (secondary N) is 2. The van der Waals surface area contributed by atoms with Gasteiger partial charge in [0.05, 0.1) is 17.1 Å². The Morgan fingerprint density at radius 1 is 0.917 bits per heavy atom. The van der Waals surface area contributed by atoms with Crippen LogP contribution in [-0.4, -0.2) is 41.7 Å². The van der Waals surface area contributed by atoms with Gasteiger partial charge in [-0.2, -0.15) is 0 Å². The van der Waals surface area contributed by atoms with Crippen LogP contribution in [0.5, 0.6) is 0 Å². The molecule has 0 aliphatic carbocycles. The predicted octanol–water partition coefficient (Wildman–Crippen LogP) is 4.09. The van der Waals surface area contributed by atoms with Crippen molar-refractivity contribution in [2.75, 3.05) is 17.6 Å². The smallest absolute Gasteiger partial charge is 0.252 e. The van der Waals surface area contributed by atoms with Gasteiger partial charge in [0.15, 0.2) is 0 Å². The molecule has 9 heteroatoms. The summed E-state index contributed by atoms with van der Waals surface area (Å²) in [4.78, 5) is 36.1. The Hall–Kier alpha value is -3.43. The van der Waals surface area contributed by atoms with Gasteiger partial charge in [-0.1, -0.05) is 66.2 Å². The van der Waals surface area contributed by atoms with E-state index in [-0.39, 0.29) is 11.1 Å². The molecule has 0 aromatic heterocycles. The molecule has 3 rings (SSSR count). The molecule has 0 spiro atoms. The number of rotatable bonds is 8. The van der Waals surface area contributed by atoms with Crippen molar-refractivity contribution in [1.29, 1.82) is 0 Å². The Morgan fingerprint density at radius 3 is 1.86 bits per heavy atom. The molecule has 0 heterocycles. The van der Waals surface area contributed by atoms with E-state index in [2.05, 4.69) is 42.3 Å². The predicted molar refractivity (Wildman–Crippen MR) is 149 cm³/mol. The fraction of sp³-hybridized carbons (Fsp3) is 0.222. The highest BCUT2D eigenvalue weighted by molar-refractivity contribution is 7.85. The monoisotopic (exact) mass is 525 g/mol. The van der Waals surface area contributed by atoms with E-state index < -0.39 is 34.2 Å². The maximum Gasteiger partial charge on any atom is 0.252 e. The maximum atomic E-state index is 12.8. The van der Waals surface area contributed by atoms with Gasteiger partial charge in [0, 0.05) is 24.4 Å². The highest BCUT2D eigenvalue weighted by atomic mass is 32.2. The quantitative estimate of drug-likeness (QED) is 0.235. The van der Waals surface area contributed by atoms with Gasteiger partial charge in [-0.05, 0) is 37.6 Å². The van der Waals surface area contributed by atoms with E-state index in [1.165, 1.54) is 28.3 Å². The molecule has 3 atom stereocenters. The third kappa shape index (κ3) is 8.98. The van der Waals surface area contributed by atoms with Crippen molar-refractivity contribution in [2.24, 2.45) is 0 Å².